The second-order valence-corrected chi connectivity index (χ2v) is 7.39. The number of anilines is 1. The number of nitrogens with one attached hydrogen (secondary N) is 1. The van der Waals surface area contributed by atoms with Crippen LogP contribution in [0.2, 0.25) is 0 Å². The van der Waals surface area contributed by atoms with Gasteiger partial charge in [0.1, 0.15) is 19.0 Å². The van der Waals surface area contributed by atoms with E-state index >= 15 is 0 Å². The summed E-state index contributed by atoms with van der Waals surface area (Å²) < 4.78 is 22.3. The molecule has 8 heteroatoms. The molecule has 162 valence electrons. The minimum atomic E-state index is -0.504. The van der Waals surface area contributed by atoms with Gasteiger partial charge in [0, 0.05) is 17.3 Å². The number of carbonyl (C=O) groups is 1. The Morgan fingerprint density at radius 2 is 1.94 bits per heavy atom. The van der Waals surface area contributed by atoms with Crippen LogP contribution < -0.4 is 24.4 Å². The van der Waals surface area contributed by atoms with Crippen LogP contribution in [0, 0.1) is 0 Å². The molecule has 0 spiro atoms. The average Bonchev–Trinajstić information content (AvgIpc) is 2.78. The highest BCUT2D eigenvalue weighted by molar-refractivity contribution is 7.80. The van der Waals surface area contributed by atoms with Gasteiger partial charge in [-0.3, -0.25) is 4.90 Å². The van der Waals surface area contributed by atoms with Crippen molar-refractivity contribution in [2.75, 3.05) is 31.8 Å². The highest BCUT2D eigenvalue weighted by atomic mass is 32.1. The molecule has 2 aromatic rings. The Morgan fingerprint density at radius 1 is 1.19 bits per heavy atom. The van der Waals surface area contributed by atoms with Crippen molar-refractivity contribution >= 4 is 29.0 Å². The Balaban J connectivity index is 1.82. The Labute approximate surface area is 186 Å². The highest BCUT2D eigenvalue weighted by Gasteiger charge is 2.37. The van der Waals surface area contributed by atoms with E-state index in [4.69, 9.17) is 31.2 Å². The molecule has 0 bridgehead atoms. The third-order valence-electron chi connectivity index (χ3n) is 5.21. The lowest BCUT2D eigenvalue weighted by Crippen LogP contribution is -2.48. The van der Waals surface area contributed by atoms with Crippen molar-refractivity contribution in [1.29, 1.82) is 0 Å². The van der Waals surface area contributed by atoms with Gasteiger partial charge in [-0.25, -0.2) is 4.79 Å². The van der Waals surface area contributed by atoms with Crippen LogP contribution in [0.1, 0.15) is 25.5 Å². The van der Waals surface area contributed by atoms with Crippen molar-refractivity contribution in [2.24, 2.45) is 0 Å². The molecule has 7 nitrogen and oxygen atoms in total. The van der Waals surface area contributed by atoms with E-state index in [1.165, 1.54) is 0 Å². The van der Waals surface area contributed by atoms with Gasteiger partial charge in [0.15, 0.2) is 16.6 Å². The first-order valence-electron chi connectivity index (χ1n) is 10.1. The molecule has 0 fully saturated rings. The van der Waals surface area contributed by atoms with E-state index in [0.717, 1.165) is 11.3 Å². The molecule has 0 saturated carbocycles. The predicted molar refractivity (Wildman–Crippen MR) is 121 cm³/mol. The first-order valence-corrected chi connectivity index (χ1v) is 10.5. The number of fused-ring (bicyclic) bond motifs is 1. The molecule has 2 heterocycles. The van der Waals surface area contributed by atoms with Crippen LogP contribution in [0.25, 0.3) is 0 Å². The smallest absolute Gasteiger partial charge is 0.338 e. The minimum absolute atomic E-state index is 0.267. The van der Waals surface area contributed by atoms with E-state index in [2.05, 4.69) is 5.32 Å². The van der Waals surface area contributed by atoms with Gasteiger partial charge in [0.05, 0.1) is 31.0 Å². The summed E-state index contributed by atoms with van der Waals surface area (Å²) in [6.45, 7) is 4.91. The fraction of sp³-hybridized carbons (Fsp3) is 0.304. The largest absolute Gasteiger partial charge is 0.496 e. The van der Waals surface area contributed by atoms with Crippen LogP contribution in [-0.2, 0) is 9.53 Å². The van der Waals surface area contributed by atoms with Gasteiger partial charge in [0.2, 0.25) is 0 Å². The number of methoxy groups -OCH3 is 1. The topological polar surface area (TPSA) is 69.3 Å². The monoisotopic (exact) mass is 440 g/mol. The molecule has 0 saturated heterocycles. The second kappa shape index (κ2) is 8.85. The SMILES string of the molecule is CCOC(=O)C1=C(C)N(c2ccc3c(c2)OCCO3)C(=S)NC1c1ccccc1OC. The van der Waals surface area contributed by atoms with Crippen LogP contribution in [0.3, 0.4) is 0 Å². The van der Waals surface area contributed by atoms with Crippen molar-refractivity contribution < 1.29 is 23.7 Å². The molecule has 1 N–H and O–H groups in total. The van der Waals surface area contributed by atoms with Gasteiger partial charge in [-0.2, -0.15) is 0 Å². The van der Waals surface area contributed by atoms with Gasteiger partial charge in [-0.05, 0) is 44.3 Å². The van der Waals surface area contributed by atoms with Crippen molar-refractivity contribution in [3.63, 3.8) is 0 Å². The number of allylic oxidation sites excluding steroid dienone is 1. The van der Waals surface area contributed by atoms with Gasteiger partial charge in [-0.15, -0.1) is 0 Å². The molecular formula is C23H24N2O5S. The van der Waals surface area contributed by atoms with Gasteiger partial charge >= 0.3 is 5.97 Å². The van der Waals surface area contributed by atoms with Gasteiger partial charge in [-0.1, -0.05) is 18.2 Å². The van der Waals surface area contributed by atoms with Crippen LogP contribution in [0.5, 0.6) is 17.2 Å². The number of para-hydroxylation sites is 1. The average molecular weight is 441 g/mol. The number of esters is 1. The first-order chi connectivity index (χ1) is 15.0. The normalized spacial score (nSPS) is 17.8. The second-order valence-electron chi connectivity index (χ2n) is 7.01. The zero-order valence-electron chi connectivity index (χ0n) is 17.6. The number of hydrogen-bond donors (Lipinski definition) is 1. The maximum Gasteiger partial charge on any atom is 0.338 e. The van der Waals surface area contributed by atoms with Crippen LogP contribution in [0.4, 0.5) is 5.69 Å². The molecule has 0 radical (unpaired) electrons. The number of carbonyl (C=O) groups excluding carboxylic acids is 1. The summed E-state index contributed by atoms with van der Waals surface area (Å²) in [5.74, 6) is 1.58. The zero-order chi connectivity index (χ0) is 22.0. The summed E-state index contributed by atoms with van der Waals surface area (Å²) in [6.07, 6.45) is 0. The van der Waals surface area contributed by atoms with E-state index in [-0.39, 0.29) is 6.61 Å². The molecule has 31 heavy (non-hydrogen) atoms. The minimum Gasteiger partial charge on any atom is -0.496 e. The Morgan fingerprint density at radius 3 is 2.68 bits per heavy atom. The maximum atomic E-state index is 13.0. The van der Waals surface area contributed by atoms with E-state index < -0.39 is 12.0 Å². The maximum absolute atomic E-state index is 13.0. The van der Waals surface area contributed by atoms with Gasteiger partial charge in [0.25, 0.3) is 0 Å². The van der Waals surface area contributed by atoms with Crippen molar-refractivity contribution in [2.45, 2.75) is 19.9 Å². The number of thiocarbonyl (C=S) groups is 1. The number of rotatable bonds is 5. The number of hydrogen-bond acceptors (Lipinski definition) is 6. The standard InChI is InChI=1S/C23H24N2O5S/c1-4-28-22(26)20-14(2)25(15-9-10-18-19(13-15)30-12-11-29-18)23(31)24-21(20)16-7-5-6-8-17(16)27-3/h5-10,13,21H,4,11-12H2,1-3H3,(H,24,31). The Kier molecular flexibility index (Phi) is 5.99. The molecule has 1 unspecified atom stereocenters. The number of ether oxygens (including phenoxy) is 4. The van der Waals surface area contributed by atoms with E-state index in [1.54, 1.807) is 14.0 Å². The lowest BCUT2D eigenvalue weighted by atomic mass is 9.94. The molecular weight excluding hydrogens is 416 g/mol. The molecule has 0 aromatic heterocycles. The van der Waals surface area contributed by atoms with Crippen molar-refractivity contribution in [1.82, 2.24) is 5.32 Å². The quantitative estimate of drug-likeness (QED) is 0.557. The third kappa shape index (κ3) is 3.90. The summed E-state index contributed by atoms with van der Waals surface area (Å²) in [5.41, 5.74) is 2.71. The molecule has 0 aliphatic carbocycles. The van der Waals surface area contributed by atoms with Crippen LogP contribution in [0.15, 0.2) is 53.7 Å². The lowest BCUT2D eigenvalue weighted by Gasteiger charge is -2.38. The van der Waals surface area contributed by atoms with Crippen LogP contribution in [-0.4, -0.2) is 38.0 Å². The van der Waals surface area contributed by atoms with E-state index in [0.29, 0.717) is 46.8 Å². The highest BCUT2D eigenvalue weighted by Crippen LogP contribution is 2.40. The fourth-order valence-corrected chi connectivity index (χ4v) is 4.20. The number of nitrogens with zero attached hydrogens (tertiary/aromatic N) is 1. The Hall–Kier alpha value is -3.26. The lowest BCUT2D eigenvalue weighted by molar-refractivity contribution is -0.139. The molecule has 2 aromatic carbocycles. The summed E-state index contributed by atoms with van der Waals surface area (Å²) in [7, 11) is 1.60. The zero-order valence-corrected chi connectivity index (χ0v) is 18.5. The number of benzene rings is 2. The molecule has 1 atom stereocenters. The molecule has 0 amide bonds. The Bertz CT molecular complexity index is 1050. The van der Waals surface area contributed by atoms with E-state index in [1.807, 2.05) is 54.3 Å². The molecule has 4 rings (SSSR count). The van der Waals surface area contributed by atoms with Crippen molar-refractivity contribution in [3.05, 3.63) is 59.3 Å². The van der Waals surface area contributed by atoms with Crippen molar-refractivity contribution in [3.8, 4) is 17.2 Å². The van der Waals surface area contributed by atoms with Gasteiger partial charge < -0.3 is 24.3 Å². The summed E-state index contributed by atoms with van der Waals surface area (Å²) >= 11 is 5.72. The predicted octanol–water partition coefficient (Wildman–Crippen LogP) is 3.74. The van der Waals surface area contributed by atoms with E-state index in [9.17, 15) is 4.79 Å². The summed E-state index contributed by atoms with van der Waals surface area (Å²) in [6, 6.07) is 12.6. The third-order valence-corrected chi connectivity index (χ3v) is 5.51. The summed E-state index contributed by atoms with van der Waals surface area (Å²) in [4.78, 5) is 14.8. The molecule has 2 aliphatic rings. The fourth-order valence-electron chi connectivity index (χ4n) is 3.84. The molecule has 2 aliphatic heterocycles. The van der Waals surface area contributed by atoms with Crippen LogP contribution >= 0.6 is 12.2 Å². The first kappa shape index (κ1) is 21.0. The summed E-state index contributed by atoms with van der Waals surface area (Å²) in [5, 5.41) is 3.76.